The van der Waals surface area contributed by atoms with E-state index in [0.717, 1.165) is 24.1 Å². The van der Waals surface area contributed by atoms with E-state index in [1.165, 1.54) is 23.5 Å². The maximum atomic E-state index is 12.7. The summed E-state index contributed by atoms with van der Waals surface area (Å²) in [5, 5.41) is 5.11. The highest BCUT2D eigenvalue weighted by atomic mass is 32.1. The third-order valence-corrected chi connectivity index (χ3v) is 5.06. The first kappa shape index (κ1) is 21.8. The molecule has 0 aliphatic rings. The molecule has 30 heavy (non-hydrogen) atoms. The van der Waals surface area contributed by atoms with Crippen molar-refractivity contribution >= 4 is 17.2 Å². The van der Waals surface area contributed by atoms with Crippen LogP contribution in [0.15, 0.2) is 48.0 Å². The van der Waals surface area contributed by atoms with E-state index in [9.17, 15) is 18.0 Å². The number of rotatable bonds is 8. The Balaban J connectivity index is 1.58. The second kappa shape index (κ2) is 9.71. The summed E-state index contributed by atoms with van der Waals surface area (Å²) in [5.74, 6) is 0.280. The van der Waals surface area contributed by atoms with E-state index < -0.39 is 11.7 Å². The number of aromatic nitrogens is 2. The zero-order valence-electron chi connectivity index (χ0n) is 16.2. The molecule has 0 unspecified atom stereocenters. The van der Waals surface area contributed by atoms with Gasteiger partial charge >= 0.3 is 6.18 Å². The largest absolute Gasteiger partial charge is 0.477 e. The van der Waals surface area contributed by atoms with E-state index >= 15 is 0 Å². The van der Waals surface area contributed by atoms with Crippen LogP contribution in [0.3, 0.4) is 0 Å². The van der Waals surface area contributed by atoms with Gasteiger partial charge in [0.25, 0.3) is 0 Å². The number of ether oxygens (including phenoxy) is 1. The SMILES string of the molecule is CCCOc1ncccc1CNC(=O)Cc1csc(-c2ccc(C(F)(F)F)cc2)n1. The number of carbonyl (C=O) groups is 1. The van der Waals surface area contributed by atoms with Gasteiger partial charge in [0.1, 0.15) is 5.01 Å². The number of pyridine rings is 1. The quantitative estimate of drug-likeness (QED) is 0.548. The molecule has 5 nitrogen and oxygen atoms in total. The van der Waals surface area contributed by atoms with Gasteiger partial charge in [0.15, 0.2) is 0 Å². The fourth-order valence-corrected chi connectivity index (χ4v) is 3.46. The molecule has 3 aromatic rings. The van der Waals surface area contributed by atoms with Crippen molar-refractivity contribution in [3.63, 3.8) is 0 Å². The third kappa shape index (κ3) is 5.79. The maximum Gasteiger partial charge on any atom is 0.416 e. The summed E-state index contributed by atoms with van der Waals surface area (Å²) in [4.78, 5) is 20.8. The minimum Gasteiger partial charge on any atom is -0.477 e. The first-order valence-electron chi connectivity index (χ1n) is 9.32. The van der Waals surface area contributed by atoms with Gasteiger partial charge in [0.2, 0.25) is 11.8 Å². The minimum absolute atomic E-state index is 0.0720. The highest BCUT2D eigenvalue weighted by molar-refractivity contribution is 7.13. The van der Waals surface area contributed by atoms with E-state index in [1.807, 2.05) is 13.0 Å². The highest BCUT2D eigenvalue weighted by Gasteiger charge is 2.30. The van der Waals surface area contributed by atoms with Gasteiger partial charge in [-0.3, -0.25) is 4.79 Å². The number of benzene rings is 1. The van der Waals surface area contributed by atoms with Gasteiger partial charge in [-0.1, -0.05) is 25.1 Å². The first-order valence-corrected chi connectivity index (χ1v) is 10.2. The molecule has 0 bridgehead atoms. The summed E-state index contributed by atoms with van der Waals surface area (Å²) in [6, 6.07) is 8.42. The Hall–Kier alpha value is -2.94. The fourth-order valence-electron chi connectivity index (χ4n) is 2.63. The molecule has 0 atom stereocenters. The number of alkyl halides is 3. The van der Waals surface area contributed by atoms with Crippen molar-refractivity contribution in [2.75, 3.05) is 6.61 Å². The van der Waals surface area contributed by atoms with E-state index in [2.05, 4.69) is 15.3 Å². The molecular weight excluding hydrogens is 415 g/mol. The van der Waals surface area contributed by atoms with Crippen LogP contribution in [0, 0.1) is 0 Å². The van der Waals surface area contributed by atoms with Crippen molar-refractivity contribution in [1.82, 2.24) is 15.3 Å². The number of nitrogens with one attached hydrogen (secondary N) is 1. The van der Waals surface area contributed by atoms with Crippen LogP contribution in [0.5, 0.6) is 5.88 Å². The molecule has 0 aliphatic carbocycles. The van der Waals surface area contributed by atoms with Crippen LogP contribution >= 0.6 is 11.3 Å². The van der Waals surface area contributed by atoms with E-state index in [0.29, 0.717) is 28.8 Å². The molecule has 0 spiro atoms. The Bertz CT molecular complexity index is 988. The number of thiazole rings is 1. The normalized spacial score (nSPS) is 11.3. The van der Waals surface area contributed by atoms with E-state index in [4.69, 9.17) is 4.74 Å². The molecule has 1 N–H and O–H groups in total. The summed E-state index contributed by atoms with van der Waals surface area (Å²) in [5.41, 5.74) is 1.21. The van der Waals surface area contributed by atoms with Crippen molar-refractivity contribution in [2.45, 2.75) is 32.5 Å². The van der Waals surface area contributed by atoms with Crippen LogP contribution in [-0.4, -0.2) is 22.5 Å². The number of hydrogen-bond donors (Lipinski definition) is 1. The molecule has 9 heteroatoms. The van der Waals surface area contributed by atoms with Gasteiger partial charge in [-0.15, -0.1) is 11.3 Å². The molecule has 1 aromatic carbocycles. The van der Waals surface area contributed by atoms with Crippen LogP contribution in [0.4, 0.5) is 13.2 Å². The molecule has 0 fully saturated rings. The van der Waals surface area contributed by atoms with Gasteiger partial charge in [-0.2, -0.15) is 13.2 Å². The molecule has 0 saturated heterocycles. The lowest BCUT2D eigenvalue weighted by molar-refractivity contribution is -0.137. The number of halogens is 3. The summed E-state index contributed by atoms with van der Waals surface area (Å²) in [6.45, 7) is 2.82. The predicted molar refractivity (Wildman–Crippen MR) is 108 cm³/mol. The Kier molecular flexibility index (Phi) is 7.04. The average Bonchev–Trinajstić information content (AvgIpc) is 3.19. The monoisotopic (exact) mass is 435 g/mol. The lowest BCUT2D eigenvalue weighted by atomic mass is 10.1. The standard InChI is InChI=1S/C21H20F3N3O2S/c1-2-10-29-19-15(4-3-9-25-19)12-26-18(28)11-17-13-30-20(27-17)14-5-7-16(8-6-14)21(22,23)24/h3-9,13H,2,10-12H2,1H3,(H,26,28). The molecule has 0 radical (unpaired) electrons. The van der Waals surface area contributed by atoms with Gasteiger partial charge in [-0.25, -0.2) is 9.97 Å². The molecule has 158 valence electrons. The Labute approximate surface area is 176 Å². The lowest BCUT2D eigenvalue weighted by Crippen LogP contribution is -2.25. The predicted octanol–water partition coefficient (Wildman–Crippen LogP) is 4.87. The summed E-state index contributed by atoms with van der Waals surface area (Å²) in [6.07, 6.45) is -1.81. The second-order valence-electron chi connectivity index (χ2n) is 6.49. The van der Waals surface area contributed by atoms with Gasteiger partial charge in [0.05, 0.1) is 24.3 Å². The van der Waals surface area contributed by atoms with Crippen LogP contribution in [-0.2, 0) is 23.9 Å². The summed E-state index contributed by atoms with van der Waals surface area (Å²) < 4.78 is 43.6. The summed E-state index contributed by atoms with van der Waals surface area (Å²) in [7, 11) is 0. The second-order valence-corrected chi connectivity index (χ2v) is 7.35. The number of hydrogen-bond acceptors (Lipinski definition) is 5. The van der Waals surface area contributed by atoms with Crippen LogP contribution in [0.25, 0.3) is 10.6 Å². The molecule has 0 aliphatic heterocycles. The topological polar surface area (TPSA) is 64.1 Å². The number of amides is 1. The van der Waals surface area contributed by atoms with Gasteiger partial charge in [-0.05, 0) is 24.6 Å². The van der Waals surface area contributed by atoms with Gasteiger partial charge in [0, 0.05) is 29.2 Å². The third-order valence-electron chi connectivity index (χ3n) is 4.12. The van der Waals surface area contributed by atoms with Crippen molar-refractivity contribution in [2.24, 2.45) is 0 Å². The lowest BCUT2D eigenvalue weighted by Gasteiger charge is -2.10. The summed E-state index contributed by atoms with van der Waals surface area (Å²) >= 11 is 1.28. The number of carbonyl (C=O) groups excluding carboxylic acids is 1. The highest BCUT2D eigenvalue weighted by Crippen LogP contribution is 2.31. The zero-order valence-corrected chi connectivity index (χ0v) is 17.0. The van der Waals surface area contributed by atoms with Crippen LogP contribution < -0.4 is 10.1 Å². The zero-order chi connectivity index (χ0) is 21.6. The van der Waals surface area contributed by atoms with Crippen molar-refractivity contribution < 1.29 is 22.7 Å². The first-order chi connectivity index (χ1) is 14.4. The molecule has 2 aromatic heterocycles. The van der Waals surface area contributed by atoms with E-state index in [-0.39, 0.29) is 18.9 Å². The molecule has 3 rings (SSSR count). The van der Waals surface area contributed by atoms with Crippen molar-refractivity contribution in [1.29, 1.82) is 0 Å². The Morgan fingerprint density at radius 3 is 2.67 bits per heavy atom. The maximum absolute atomic E-state index is 12.7. The van der Waals surface area contributed by atoms with E-state index in [1.54, 1.807) is 17.6 Å². The minimum atomic E-state index is -4.37. The van der Waals surface area contributed by atoms with Crippen LogP contribution in [0.1, 0.15) is 30.2 Å². The molecule has 0 saturated carbocycles. The molecule has 1 amide bonds. The Morgan fingerprint density at radius 2 is 1.97 bits per heavy atom. The van der Waals surface area contributed by atoms with Crippen molar-refractivity contribution in [3.05, 3.63) is 64.8 Å². The van der Waals surface area contributed by atoms with Crippen molar-refractivity contribution in [3.8, 4) is 16.5 Å². The Morgan fingerprint density at radius 1 is 1.20 bits per heavy atom. The smallest absolute Gasteiger partial charge is 0.416 e. The van der Waals surface area contributed by atoms with Crippen LogP contribution in [0.2, 0.25) is 0 Å². The average molecular weight is 435 g/mol. The molecular formula is C21H20F3N3O2S. The van der Waals surface area contributed by atoms with Gasteiger partial charge < -0.3 is 10.1 Å². The number of nitrogens with zero attached hydrogens (tertiary/aromatic N) is 2. The molecule has 2 heterocycles. The fraction of sp³-hybridized carbons (Fsp3) is 0.286.